The van der Waals surface area contributed by atoms with Crippen LogP contribution in [0.25, 0.3) is 0 Å². The molecular weight excluding hydrogens is 246 g/mol. The monoisotopic (exact) mass is 263 g/mol. The lowest BCUT2D eigenvalue weighted by Crippen LogP contribution is -2.35. The van der Waals surface area contributed by atoms with Gasteiger partial charge < -0.3 is 14.9 Å². The number of carbonyl (C=O) groups is 2. The minimum atomic E-state index is -1.12. The van der Waals surface area contributed by atoms with Crippen LogP contribution in [0.2, 0.25) is 0 Å². The summed E-state index contributed by atoms with van der Waals surface area (Å²) < 4.78 is 0. The molecule has 0 bridgehead atoms. The Bertz CT molecular complexity index is 490. The van der Waals surface area contributed by atoms with Crippen LogP contribution < -0.4 is 0 Å². The molecule has 1 saturated heterocycles. The van der Waals surface area contributed by atoms with Gasteiger partial charge in [-0.1, -0.05) is 0 Å². The number of hydrogen-bond donors (Lipinski definition) is 1. The van der Waals surface area contributed by atoms with Gasteiger partial charge in [0, 0.05) is 25.8 Å². The van der Waals surface area contributed by atoms with Crippen LogP contribution in [0.1, 0.15) is 27.3 Å². The Labute approximate surface area is 111 Å². The van der Waals surface area contributed by atoms with E-state index >= 15 is 0 Å². The van der Waals surface area contributed by atoms with Gasteiger partial charge in [0.1, 0.15) is 5.69 Å². The van der Waals surface area contributed by atoms with Crippen LogP contribution >= 0.6 is 0 Å². The number of nitrogens with zero attached hydrogens (tertiary/aromatic N) is 3. The molecule has 1 aliphatic heterocycles. The van der Waals surface area contributed by atoms with E-state index in [1.54, 1.807) is 4.90 Å². The third-order valence-electron chi connectivity index (χ3n) is 3.25. The molecule has 2 rings (SSSR count). The molecule has 6 nitrogen and oxygen atoms in total. The summed E-state index contributed by atoms with van der Waals surface area (Å²) in [6.45, 7) is 2.97. The first-order chi connectivity index (χ1) is 9.09. The third-order valence-corrected chi connectivity index (χ3v) is 3.25. The van der Waals surface area contributed by atoms with Crippen molar-refractivity contribution in [1.82, 2.24) is 14.8 Å². The molecule has 1 fully saturated rings. The van der Waals surface area contributed by atoms with Crippen molar-refractivity contribution in [3.05, 3.63) is 29.6 Å². The summed E-state index contributed by atoms with van der Waals surface area (Å²) in [7, 11) is 2.01. The predicted molar refractivity (Wildman–Crippen MR) is 69.2 cm³/mol. The molecule has 0 unspecified atom stereocenters. The maximum atomic E-state index is 12.4. The van der Waals surface area contributed by atoms with Crippen LogP contribution in [-0.2, 0) is 0 Å². The maximum Gasteiger partial charge on any atom is 0.338 e. The average molecular weight is 263 g/mol. The quantitative estimate of drug-likeness (QED) is 0.844. The zero-order valence-electron chi connectivity index (χ0n) is 10.9. The molecular formula is C13H17N3O3. The molecule has 1 aliphatic rings. The van der Waals surface area contributed by atoms with Gasteiger partial charge in [-0.25, -0.2) is 4.79 Å². The van der Waals surface area contributed by atoms with Gasteiger partial charge in [-0.3, -0.25) is 9.78 Å². The minimum Gasteiger partial charge on any atom is -0.478 e. The van der Waals surface area contributed by atoms with Crippen LogP contribution in [0.3, 0.4) is 0 Å². The van der Waals surface area contributed by atoms with Gasteiger partial charge in [0.2, 0.25) is 0 Å². The Morgan fingerprint density at radius 3 is 2.79 bits per heavy atom. The van der Waals surface area contributed by atoms with Crippen molar-refractivity contribution in [3.63, 3.8) is 0 Å². The molecule has 0 atom stereocenters. The topological polar surface area (TPSA) is 73.7 Å². The van der Waals surface area contributed by atoms with E-state index in [0.717, 1.165) is 19.5 Å². The van der Waals surface area contributed by atoms with Gasteiger partial charge in [0.15, 0.2) is 0 Å². The Morgan fingerprint density at radius 1 is 1.26 bits per heavy atom. The van der Waals surface area contributed by atoms with Crippen molar-refractivity contribution < 1.29 is 14.7 Å². The van der Waals surface area contributed by atoms with Gasteiger partial charge in [-0.05, 0) is 32.1 Å². The average Bonchev–Trinajstić information content (AvgIpc) is 2.62. The van der Waals surface area contributed by atoms with Crippen LogP contribution in [0.15, 0.2) is 18.3 Å². The number of carboxylic acid groups (broad SMARTS) is 1. The zero-order valence-corrected chi connectivity index (χ0v) is 10.9. The number of pyridine rings is 1. The smallest absolute Gasteiger partial charge is 0.338 e. The van der Waals surface area contributed by atoms with Crippen molar-refractivity contribution >= 4 is 11.9 Å². The highest BCUT2D eigenvalue weighted by atomic mass is 16.4. The molecule has 19 heavy (non-hydrogen) atoms. The minimum absolute atomic E-state index is 0.0274. The number of aromatic carboxylic acids is 1. The van der Waals surface area contributed by atoms with Gasteiger partial charge in [-0.15, -0.1) is 0 Å². The lowest BCUT2D eigenvalue weighted by atomic mass is 10.1. The first-order valence-electron chi connectivity index (χ1n) is 6.25. The van der Waals surface area contributed by atoms with E-state index in [-0.39, 0.29) is 17.2 Å². The van der Waals surface area contributed by atoms with E-state index in [4.69, 9.17) is 5.11 Å². The Morgan fingerprint density at radius 2 is 2.05 bits per heavy atom. The number of likely N-dealkylation sites (N-methyl/N-ethyl adjacent to an activating group) is 1. The third kappa shape index (κ3) is 3.08. The summed E-state index contributed by atoms with van der Waals surface area (Å²) in [5.74, 6) is -1.42. The standard InChI is InChI=1S/C13H17N3O3/c1-15-6-3-7-16(9-8-15)12(17)11-10(13(18)19)4-2-5-14-11/h2,4-5H,3,6-9H2,1H3,(H,18,19). The molecule has 1 N–H and O–H groups in total. The summed E-state index contributed by atoms with van der Waals surface area (Å²) in [5.41, 5.74) is -0.00958. The summed E-state index contributed by atoms with van der Waals surface area (Å²) in [4.78, 5) is 31.3. The fraction of sp³-hybridized carbons (Fsp3) is 0.462. The number of rotatable bonds is 2. The lowest BCUT2D eigenvalue weighted by Gasteiger charge is -2.20. The largest absolute Gasteiger partial charge is 0.478 e. The first kappa shape index (κ1) is 13.5. The fourth-order valence-corrected chi connectivity index (χ4v) is 2.15. The highest BCUT2D eigenvalue weighted by Crippen LogP contribution is 2.11. The number of amides is 1. The normalized spacial score (nSPS) is 17.0. The second-order valence-electron chi connectivity index (χ2n) is 4.65. The zero-order chi connectivity index (χ0) is 13.8. The molecule has 0 radical (unpaired) electrons. The number of carboxylic acids is 1. The van der Waals surface area contributed by atoms with Crippen LogP contribution in [-0.4, -0.2) is 65.0 Å². The summed E-state index contributed by atoms with van der Waals surface area (Å²) in [6, 6.07) is 2.93. The molecule has 1 aromatic rings. The van der Waals surface area contributed by atoms with Crippen LogP contribution in [0, 0.1) is 0 Å². The maximum absolute atomic E-state index is 12.4. The van der Waals surface area contributed by atoms with Crippen LogP contribution in [0.4, 0.5) is 0 Å². The number of carbonyl (C=O) groups excluding carboxylic acids is 1. The van der Waals surface area contributed by atoms with Crippen molar-refractivity contribution in [2.24, 2.45) is 0 Å². The summed E-state index contributed by atoms with van der Waals surface area (Å²) >= 11 is 0. The second kappa shape index (κ2) is 5.79. The summed E-state index contributed by atoms with van der Waals surface area (Å²) in [6.07, 6.45) is 2.33. The van der Waals surface area contributed by atoms with E-state index < -0.39 is 5.97 Å². The Kier molecular flexibility index (Phi) is 4.11. The molecule has 102 valence electrons. The van der Waals surface area contributed by atoms with Gasteiger partial charge >= 0.3 is 5.97 Å². The van der Waals surface area contributed by atoms with Gasteiger partial charge in [0.05, 0.1) is 5.56 Å². The highest BCUT2D eigenvalue weighted by Gasteiger charge is 2.24. The molecule has 1 aromatic heterocycles. The summed E-state index contributed by atoms with van der Waals surface area (Å²) in [5, 5.41) is 9.09. The van der Waals surface area contributed by atoms with Crippen molar-refractivity contribution in [3.8, 4) is 0 Å². The van der Waals surface area contributed by atoms with E-state index in [2.05, 4.69) is 9.88 Å². The molecule has 0 aromatic carbocycles. The van der Waals surface area contributed by atoms with Crippen molar-refractivity contribution in [2.75, 3.05) is 33.2 Å². The Hall–Kier alpha value is -1.95. The fourth-order valence-electron chi connectivity index (χ4n) is 2.15. The van der Waals surface area contributed by atoms with Crippen LogP contribution in [0.5, 0.6) is 0 Å². The van der Waals surface area contributed by atoms with Gasteiger partial charge in [-0.2, -0.15) is 0 Å². The van der Waals surface area contributed by atoms with Crippen molar-refractivity contribution in [2.45, 2.75) is 6.42 Å². The molecule has 0 saturated carbocycles. The first-order valence-corrected chi connectivity index (χ1v) is 6.25. The van der Waals surface area contributed by atoms with E-state index in [9.17, 15) is 9.59 Å². The molecule has 0 aliphatic carbocycles. The molecule has 0 spiro atoms. The predicted octanol–water partition coefficient (Wildman–Crippen LogP) is 0.557. The number of aromatic nitrogens is 1. The highest BCUT2D eigenvalue weighted by molar-refractivity contribution is 6.03. The number of hydrogen-bond acceptors (Lipinski definition) is 4. The van der Waals surface area contributed by atoms with E-state index in [1.165, 1.54) is 18.3 Å². The SMILES string of the molecule is CN1CCCN(C(=O)c2ncccc2C(=O)O)CC1. The van der Waals surface area contributed by atoms with E-state index in [1.807, 2.05) is 7.05 Å². The second-order valence-corrected chi connectivity index (χ2v) is 4.65. The molecule has 2 heterocycles. The van der Waals surface area contributed by atoms with Gasteiger partial charge in [0.25, 0.3) is 5.91 Å². The van der Waals surface area contributed by atoms with E-state index in [0.29, 0.717) is 13.1 Å². The molecule has 6 heteroatoms. The lowest BCUT2D eigenvalue weighted by molar-refractivity contribution is 0.0673. The Balaban J connectivity index is 2.21. The van der Waals surface area contributed by atoms with Crippen molar-refractivity contribution in [1.29, 1.82) is 0 Å². The molecule has 1 amide bonds.